The van der Waals surface area contributed by atoms with E-state index in [-0.39, 0.29) is 5.91 Å². The molecule has 1 saturated heterocycles. The number of amides is 1. The molecule has 2 heterocycles. The van der Waals surface area contributed by atoms with Crippen molar-refractivity contribution in [2.45, 2.75) is 25.7 Å². The molecule has 1 aromatic carbocycles. The summed E-state index contributed by atoms with van der Waals surface area (Å²) in [6, 6.07) is 11.5. The van der Waals surface area contributed by atoms with E-state index in [1.54, 1.807) is 13.2 Å². The first-order valence-corrected chi connectivity index (χ1v) is 8.76. The van der Waals surface area contributed by atoms with Crippen molar-refractivity contribution in [2.75, 3.05) is 31.6 Å². The number of nitrogens with one attached hydrogen (secondary N) is 1. The molecule has 1 N–H and O–H groups in total. The Labute approximate surface area is 148 Å². The van der Waals surface area contributed by atoms with Crippen LogP contribution in [0.15, 0.2) is 36.4 Å². The first kappa shape index (κ1) is 17.2. The number of carbonyl (C=O) groups is 1. The summed E-state index contributed by atoms with van der Waals surface area (Å²) in [7, 11) is 1.65. The van der Waals surface area contributed by atoms with Crippen molar-refractivity contribution >= 4 is 11.7 Å². The number of nitrogens with zero attached hydrogens (tertiary/aromatic N) is 3. The van der Waals surface area contributed by atoms with Crippen molar-refractivity contribution in [1.82, 2.24) is 15.5 Å². The molecule has 0 unspecified atom stereocenters. The number of rotatable bonds is 6. The zero-order valence-electron chi connectivity index (χ0n) is 14.6. The molecule has 3 rings (SSSR count). The van der Waals surface area contributed by atoms with Gasteiger partial charge in [0.25, 0.3) is 5.91 Å². The van der Waals surface area contributed by atoms with Crippen molar-refractivity contribution < 1.29 is 9.53 Å². The van der Waals surface area contributed by atoms with Crippen LogP contribution in [0.2, 0.25) is 0 Å². The molecule has 0 radical (unpaired) electrons. The summed E-state index contributed by atoms with van der Waals surface area (Å²) in [6.45, 7) is 2.57. The molecule has 132 valence electrons. The summed E-state index contributed by atoms with van der Waals surface area (Å²) in [5, 5.41) is 11.2. The minimum Gasteiger partial charge on any atom is -0.497 e. The highest BCUT2D eigenvalue weighted by atomic mass is 16.5. The van der Waals surface area contributed by atoms with Crippen LogP contribution in [0.25, 0.3) is 0 Å². The summed E-state index contributed by atoms with van der Waals surface area (Å²) >= 11 is 0. The normalized spacial score (nSPS) is 14.2. The van der Waals surface area contributed by atoms with Crippen LogP contribution in [-0.2, 0) is 6.42 Å². The van der Waals surface area contributed by atoms with Gasteiger partial charge in [0.1, 0.15) is 5.75 Å². The van der Waals surface area contributed by atoms with Gasteiger partial charge in [-0.25, -0.2) is 0 Å². The van der Waals surface area contributed by atoms with Gasteiger partial charge in [0.05, 0.1) is 7.11 Å². The monoisotopic (exact) mass is 340 g/mol. The second kappa shape index (κ2) is 8.46. The first-order chi connectivity index (χ1) is 12.3. The topological polar surface area (TPSA) is 67.3 Å². The molecule has 0 saturated carbocycles. The van der Waals surface area contributed by atoms with Crippen molar-refractivity contribution in [1.29, 1.82) is 0 Å². The summed E-state index contributed by atoms with van der Waals surface area (Å²) in [5.74, 6) is 1.48. The molecule has 25 heavy (non-hydrogen) atoms. The quantitative estimate of drug-likeness (QED) is 0.875. The van der Waals surface area contributed by atoms with Crippen LogP contribution in [0, 0.1) is 0 Å². The first-order valence-electron chi connectivity index (χ1n) is 8.76. The van der Waals surface area contributed by atoms with Gasteiger partial charge in [-0.15, -0.1) is 10.2 Å². The lowest BCUT2D eigenvalue weighted by Gasteiger charge is -2.27. The van der Waals surface area contributed by atoms with E-state index in [9.17, 15) is 4.79 Å². The lowest BCUT2D eigenvalue weighted by atomic mass is 10.1. The van der Waals surface area contributed by atoms with E-state index in [4.69, 9.17) is 4.74 Å². The smallest absolute Gasteiger partial charge is 0.271 e. The number of aromatic nitrogens is 2. The number of hydrogen-bond donors (Lipinski definition) is 1. The highest BCUT2D eigenvalue weighted by Gasteiger charge is 2.14. The van der Waals surface area contributed by atoms with Gasteiger partial charge in [0.15, 0.2) is 11.5 Å². The second-order valence-electron chi connectivity index (χ2n) is 6.18. The molecule has 6 heteroatoms. The average molecular weight is 340 g/mol. The van der Waals surface area contributed by atoms with E-state index in [1.165, 1.54) is 19.3 Å². The number of hydrogen-bond acceptors (Lipinski definition) is 5. The number of methoxy groups -OCH3 is 1. The van der Waals surface area contributed by atoms with Crippen LogP contribution < -0.4 is 15.0 Å². The number of anilines is 1. The Morgan fingerprint density at radius 2 is 2.00 bits per heavy atom. The molecule has 0 aliphatic carbocycles. The fraction of sp³-hybridized carbons (Fsp3) is 0.421. The molecule has 6 nitrogen and oxygen atoms in total. The average Bonchev–Trinajstić information content (AvgIpc) is 2.69. The molecule has 1 fully saturated rings. The largest absolute Gasteiger partial charge is 0.497 e. The van der Waals surface area contributed by atoms with E-state index in [0.717, 1.165) is 36.6 Å². The Kier molecular flexibility index (Phi) is 5.82. The van der Waals surface area contributed by atoms with E-state index in [2.05, 4.69) is 20.4 Å². The molecule has 0 atom stereocenters. The highest BCUT2D eigenvalue weighted by Crippen LogP contribution is 2.16. The number of benzene rings is 1. The predicted octanol–water partition coefficient (Wildman–Crippen LogP) is 2.45. The van der Waals surface area contributed by atoms with E-state index in [0.29, 0.717) is 12.2 Å². The molecule has 1 aliphatic rings. The third kappa shape index (κ3) is 4.68. The Hall–Kier alpha value is -2.63. The molecule has 0 spiro atoms. The van der Waals surface area contributed by atoms with Gasteiger partial charge in [0.2, 0.25) is 0 Å². The molecule has 2 aromatic rings. The minimum absolute atomic E-state index is 0.194. The van der Waals surface area contributed by atoms with Crippen molar-refractivity contribution in [3.05, 3.63) is 47.7 Å². The summed E-state index contributed by atoms with van der Waals surface area (Å²) < 4.78 is 5.20. The van der Waals surface area contributed by atoms with Gasteiger partial charge in [-0.05, 0) is 55.5 Å². The van der Waals surface area contributed by atoms with Gasteiger partial charge < -0.3 is 15.0 Å². The second-order valence-corrected chi connectivity index (χ2v) is 6.18. The van der Waals surface area contributed by atoms with Crippen LogP contribution >= 0.6 is 0 Å². The Morgan fingerprint density at radius 3 is 2.72 bits per heavy atom. The maximum absolute atomic E-state index is 12.2. The van der Waals surface area contributed by atoms with E-state index in [1.807, 2.05) is 30.3 Å². The molecular formula is C19H24N4O2. The van der Waals surface area contributed by atoms with Crippen LogP contribution in [0.4, 0.5) is 5.82 Å². The Bertz CT molecular complexity index is 697. The van der Waals surface area contributed by atoms with Crippen molar-refractivity contribution in [2.24, 2.45) is 0 Å². The number of ether oxygens (including phenoxy) is 1. The van der Waals surface area contributed by atoms with Gasteiger partial charge in [0, 0.05) is 19.6 Å². The van der Waals surface area contributed by atoms with Gasteiger partial charge in [-0.1, -0.05) is 12.1 Å². The van der Waals surface area contributed by atoms with Crippen molar-refractivity contribution in [3.63, 3.8) is 0 Å². The van der Waals surface area contributed by atoms with Gasteiger partial charge >= 0.3 is 0 Å². The number of piperidine rings is 1. The summed E-state index contributed by atoms with van der Waals surface area (Å²) in [6.07, 6.45) is 4.39. The fourth-order valence-corrected chi connectivity index (χ4v) is 2.98. The maximum Gasteiger partial charge on any atom is 0.271 e. The zero-order valence-corrected chi connectivity index (χ0v) is 14.6. The van der Waals surface area contributed by atoms with Crippen LogP contribution in [0.3, 0.4) is 0 Å². The van der Waals surface area contributed by atoms with E-state index < -0.39 is 0 Å². The number of carbonyl (C=O) groups excluding carboxylic acids is 1. The Balaban J connectivity index is 1.50. The third-order valence-electron chi connectivity index (χ3n) is 4.40. The fourth-order valence-electron chi connectivity index (χ4n) is 2.98. The highest BCUT2D eigenvalue weighted by molar-refractivity contribution is 5.92. The van der Waals surface area contributed by atoms with Gasteiger partial charge in [-0.3, -0.25) is 4.79 Å². The predicted molar refractivity (Wildman–Crippen MR) is 97.1 cm³/mol. The van der Waals surface area contributed by atoms with Crippen LogP contribution in [0.1, 0.15) is 35.3 Å². The lowest BCUT2D eigenvalue weighted by molar-refractivity contribution is 0.0948. The molecule has 0 bridgehead atoms. The Morgan fingerprint density at radius 1 is 1.16 bits per heavy atom. The maximum atomic E-state index is 12.2. The van der Waals surface area contributed by atoms with Crippen molar-refractivity contribution in [3.8, 4) is 5.75 Å². The van der Waals surface area contributed by atoms with Crippen LogP contribution in [-0.4, -0.2) is 42.8 Å². The van der Waals surface area contributed by atoms with E-state index >= 15 is 0 Å². The minimum atomic E-state index is -0.194. The molecule has 1 aliphatic heterocycles. The summed E-state index contributed by atoms with van der Waals surface area (Å²) in [5.41, 5.74) is 1.47. The molecule has 1 amide bonds. The lowest BCUT2D eigenvalue weighted by Crippen LogP contribution is -2.31. The SMILES string of the molecule is COc1cccc(CCNC(=O)c2ccc(N3CCCCC3)nn2)c1. The van der Waals surface area contributed by atoms with Gasteiger partial charge in [-0.2, -0.15) is 0 Å². The third-order valence-corrected chi connectivity index (χ3v) is 4.40. The summed E-state index contributed by atoms with van der Waals surface area (Å²) in [4.78, 5) is 14.4. The molecular weight excluding hydrogens is 316 g/mol. The standard InChI is InChI=1S/C19H24N4O2/c1-25-16-7-5-6-15(14-16)10-11-20-19(24)17-8-9-18(22-21-17)23-12-3-2-4-13-23/h5-9,14H,2-4,10-13H2,1H3,(H,20,24). The van der Waals surface area contributed by atoms with Crippen LogP contribution in [0.5, 0.6) is 5.75 Å². The molecule has 1 aromatic heterocycles. The zero-order chi connectivity index (χ0) is 17.5.